The van der Waals surface area contributed by atoms with E-state index in [2.05, 4.69) is 31.0 Å². The van der Waals surface area contributed by atoms with Crippen molar-refractivity contribution in [2.45, 2.75) is 39.7 Å². The lowest BCUT2D eigenvalue weighted by molar-refractivity contribution is 0.205. The Bertz CT molecular complexity index is 126. The summed E-state index contributed by atoms with van der Waals surface area (Å²) in [5.74, 6) is 1.53. The lowest BCUT2D eigenvalue weighted by Crippen LogP contribution is -2.43. The van der Waals surface area contributed by atoms with Crippen LogP contribution in [0.4, 0.5) is 0 Å². The van der Waals surface area contributed by atoms with E-state index in [0.29, 0.717) is 0 Å². The van der Waals surface area contributed by atoms with Crippen molar-refractivity contribution in [1.29, 1.82) is 0 Å². The van der Waals surface area contributed by atoms with Gasteiger partial charge in [0.1, 0.15) is 0 Å². The van der Waals surface area contributed by atoms with Crippen molar-refractivity contribution in [3.63, 3.8) is 0 Å². The second-order valence-corrected chi connectivity index (χ2v) is 4.32. The van der Waals surface area contributed by atoms with Crippen LogP contribution in [0.1, 0.15) is 33.6 Å². The molecule has 0 amide bonds. The molecule has 0 atom stereocenters. The molecule has 0 bridgehead atoms. The molecule has 1 heterocycles. The molecule has 1 rings (SSSR count). The van der Waals surface area contributed by atoms with Crippen LogP contribution in [0.15, 0.2) is 0 Å². The Morgan fingerprint density at radius 3 is 2.38 bits per heavy atom. The zero-order valence-electron chi connectivity index (χ0n) is 9.27. The molecule has 1 fully saturated rings. The number of nitrogens with one attached hydrogen (secondary N) is 1. The molecule has 13 heavy (non-hydrogen) atoms. The van der Waals surface area contributed by atoms with Crippen LogP contribution in [0, 0.1) is 5.92 Å². The molecule has 1 N–H and O–H groups in total. The molecule has 1 aliphatic rings. The highest BCUT2D eigenvalue weighted by atomic mass is 15.1. The molecule has 0 aromatic carbocycles. The van der Waals surface area contributed by atoms with Crippen molar-refractivity contribution >= 4 is 0 Å². The Morgan fingerprint density at radius 1 is 1.31 bits per heavy atom. The summed E-state index contributed by atoms with van der Waals surface area (Å²) in [6.45, 7) is 11.5. The standard InChI is InChI=1S/C11H23N2/c1-4-12-11-5-7-13(8-6-11)9-10(2)3/h11-12H,4-9H2,1-3H3. The van der Waals surface area contributed by atoms with Gasteiger partial charge in [0.25, 0.3) is 0 Å². The van der Waals surface area contributed by atoms with Crippen molar-refractivity contribution in [2.24, 2.45) is 0 Å². The minimum Gasteiger partial charge on any atom is -0.314 e. The maximum Gasteiger partial charge on any atom is 0.00912 e. The highest BCUT2D eigenvalue weighted by Gasteiger charge is 2.18. The summed E-state index contributed by atoms with van der Waals surface area (Å²) in [7, 11) is 0. The van der Waals surface area contributed by atoms with E-state index >= 15 is 0 Å². The van der Waals surface area contributed by atoms with Gasteiger partial charge >= 0.3 is 0 Å². The molecule has 1 aliphatic heterocycles. The van der Waals surface area contributed by atoms with Gasteiger partial charge in [-0.25, -0.2) is 0 Å². The van der Waals surface area contributed by atoms with Crippen LogP contribution in [0.3, 0.4) is 0 Å². The SMILES string of the molecule is CCNC1CCN(C[C](C)C)CC1. The van der Waals surface area contributed by atoms with E-state index in [9.17, 15) is 0 Å². The van der Waals surface area contributed by atoms with E-state index in [4.69, 9.17) is 0 Å². The third-order valence-electron chi connectivity index (χ3n) is 2.62. The normalized spacial score (nSPS) is 21.2. The maximum absolute atomic E-state index is 3.52. The molecule has 0 aromatic heterocycles. The number of likely N-dealkylation sites (tertiary alicyclic amines) is 1. The van der Waals surface area contributed by atoms with Crippen LogP contribution >= 0.6 is 0 Å². The lowest BCUT2D eigenvalue weighted by atomic mass is 10.0. The van der Waals surface area contributed by atoms with Gasteiger partial charge in [-0.2, -0.15) is 0 Å². The number of nitrogens with zero attached hydrogens (tertiary/aromatic N) is 1. The monoisotopic (exact) mass is 183 g/mol. The molecule has 0 aliphatic carbocycles. The molecule has 0 spiro atoms. The topological polar surface area (TPSA) is 15.3 Å². The molecule has 0 saturated carbocycles. The lowest BCUT2D eigenvalue weighted by Gasteiger charge is -2.33. The van der Waals surface area contributed by atoms with Gasteiger partial charge in [-0.15, -0.1) is 0 Å². The maximum atomic E-state index is 3.52. The van der Waals surface area contributed by atoms with Crippen LogP contribution < -0.4 is 5.32 Å². The van der Waals surface area contributed by atoms with E-state index in [1.54, 1.807) is 0 Å². The van der Waals surface area contributed by atoms with Gasteiger partial charge < -0.3 is 10.2 Å². The zero-order chi connectivity index (χ0) is 9.68. The molecule has 1 radical (unpaired) electrons. The van der Waals surface area contributed by atoms with E-state index in [-0.39, 0.29) is 0 Å². The third kappa shape index (κ3) is 4.10. The minimum absolute atomic E-state index is 0.776. The Balaban J connectivity index is 2.15. The average Bonchev–Trinajstić information content (AvgIpc) is 2.08. The molecule has 2 heteroatoms. The Hall–Kier alpha value is -0.0800. The molecular formula is C11H23N2. The first-order valence-electron chi connectivity index (χ1n) is 5.47. The first kappa shape index (κ1) is 11.0. The van der Waals surface area contributed by atoms with Crippen LogP contribution in [0.2, 0.25) is 0 Å². The van der Waals surface area contributed by atoms with Gasteiger partial charge in [-0.05, 0) is 38.4 Å². The summed E-state index contributed by atoms with van der Waals surface area (Å²) in [6, 6.07) is 0.776. The van der Waals surface area contributed by atoms with Crippen molar-refractivity contribution in [3.8, 4) is 0 Å². The van der Waals surface area contributed by atoms with E-state index in [1.165, 1.54) is 38.4 Å². The Morgan fingerprint density at radius 2 is 1.92 bits per heavy atom. The molecule has 0 aromatic rings. The van der Waals surface area contributed by atoms with Crippen LogP contribution in [0.25, 0.3) is 0 Å². The first-order valence-corrected chi connectivity index (χ1v) is 5.47. The van der Waals surface area contributed by atoms with Gasteiger partial charge in [0, 0.05) is 12.6 Å². The van der Waals surface area contributed by atoms with Crippen molar-refractivity contribution in [1.82, 2.24) is 10.2 Å². The van der Waals surface area contributed by atoms with E-state index in [0.717, 1.165) is 12.6 Å². The summed E-state index contributed by atoms with van der Waals surface area (Å²) < 4.78 is 0. The summed E-state index contributed by atoms with van der Waals surface area (Å²) in [4.78, 5) is 2.56. The molecular weight excluding hydrogens is 160 g/mol. The van der Waals surface area contributed by atoms with Crippen molar-refractivity contribution in [2.75, 3.05) is 26.2 Å². The second-order valence-electron chi connectivity index (χ2n) is 4.32. The Labute approximate surface area is 82.7 Å². The predicted octanol–water partition coefficient (Wildman–Crippen LogP) is 1.67. The van der Waals surface area contributed by atoms with Crippen LogP contribution in [-0.2, 0) is 0 Å². The second kappa shape index (κ2) is 5.61. The number of hydrogen-bond donors (Lipinski definition) is 1. The highest BCUT2D eigenvalue weighted by Crippen LogP contribution is 2.12. The van der Waals surface area contributed by atoms with Crippen LogP contribution in [0.5, 0.6) is 0 Å². The third-order valence-corrected chi connectivity index (χ3v) is 2.62. The smallest absolute Gasteiger partial charge is 0.00912 e. The van der Waals surface area contributed by atoms with Gasteiger partial charge in [0.2, 0.25) is 0 Å². The minimum atomic E-state index is 0.776. The summed E-state index contributed by atoms with van der Waals surface area (Å²) in [5.41, 5.74) is 0. The van der Waals surface area contributed by atoms with Gasteiger partial charge in [0.05, 0.1) is 0 Å². The number of piperidine rings is 1. The fraction of sp³-hybridized carbons (Fsp3) is 0.909. The summed E-state index contributed by atoms with van der Waals surface area (Å²) in [5, 5.41) is 3.52. The number of hydrogen-bond acceptors (Lipinski definition) is 2. The molecule has 77 valence electrons. The molecule has 1 saturated heterocycles. The van der Waals surface area contributed by atoms with E-state index < -0.39 is 0 Å². The average molecular weight is 183 g/mol. The van der Waals surface area contributed by atoms with Crippen LogP contribution in [-0.4, -0.2) is 37.1 Å². The zero-order valence-corrected chi connectivity index (χ0v) is 9.27. The van der Waals surface area contributed by atoms with Gasteiger partial charge in [-0.3, -0.25) is 0 Å². The first-order chi connectivity index (χ1) is 6.22. The van der Waals surface area contributed by atoms with Gasteiger partial charge in [0.15, 0.2) is 0 Å². The van der Waals surface area contributed by atoms with Crippen molar-refractivity contribution in [3.05, 3.63) is 5.92 Å². The highest BCUT2D eigenvalue weighted by molar-refractivity contribution is 4.85. The quantitative estimate of drug-likeness (QED) is 0.713. The predicted molar refractivity (Wildman–Crippen MR) is 57.7 cm³/mol. The fourth-order valence-electron chi connectivity index (χ4n) is 2.03. The fourth-order valence-corrected chi connectivity index (χ4v) is 2.03. The number of rotatable bonds is 4. The summed E-state index contributed by atoms with van der Waals surface area (Å²) in [6.07, 6.45) is 2.64. The largest absolute Gasteiger partial charge is 0.314 e. The van der Waals surface area contributed by atoms with Gasteiger partial charge in [-0.1, -0.05) is 20.8 Å². The molecule has 0 unspecified atom stereocenters. The molecule has 2 nitrogen and oxygen atoms in total. The summed E-state index contributed by atoms with van der Waals surface area (Å²) >= 11 is 0. The van der Waals surface area contributed by atoms with Crippen molar-refractivity contribution < 1.29 is 0 Å². The Kier molecular flexibility index (Phi) is 4.74. The van der Waals surface area contributed by atoms with E-state index in [1.807, 2.05) is 0 Å².